The lowest BCUT2D eigenvalue weighted by Gasteiger charge is -2.15. The van der Waals surface area contributed by atoms with Gasteiger partial charge in [0.15, 0.2) is 0 Å². The molecule has 6 heteroatoms. The maximum atomic E-state index is 13.1. The zero-order valence-corrected chi connectivity index (χ0v) is 13.1. The van der Waals surface area contributed by atoms with Gasteiger partial charge in [0.25, 0.3) is 0 Å². The summed E-state index contributed by atoms with van der Waals surface area (Å²) in [5.74, 6) is 0.372. The van der Waals surface area contributed by atoms with Gasteiger partial charge in [0.05, 0.1) is 22.3 Å². The molecule has 110 valence electrons. The molecule has 0 spiro atoms. The minimum Gasteiger partial charge on any atom is -0.488 e. The van der Waals surface area contributed by atoms with E-state index in [0.29, 0.717) is 17.3 Å². The number of benzene rings is 2. The van der Waals surface area contributed by atoms with Crippen LogP contribution < -0.4 is 10.1 Å². The normalized spacial score (nSPS) is 16.5. The molecule has 2 aromatic rings. The van der Waals surface area contributed by atoms with Gasteiger partial charge >= 0.3 is 0 Å². The van der Waals surface area contributed by atoms with E-state index in [1.54, 1.807) is 6.07 Å². The number of anilines is 1. The Morgan fingerprint density at radius 3 is 2.57 bits per heavy atom. The van der Waals surface area contributed by atoms with Crippen LogP contribution in [-0.2, 0) is 6.42 Å². The number of hydrogen-bond acceptors (Lipinski definition) is 2. The first-order valence-corrected chi connectivity index (χ1v) is 7.50. The van der Waals surface area contributed by atoms with Gasteiger partial charge in [-0.25, -0.2) is 4.39 Å². The minimum absolute atomic E-state index is 0.0457. The Bertz CT molecular complexity index is 670. The highest BCUT2D eigenvalue weighted by atomic mass is 35.5. The molecule has 0 saturated heterocycles. The Morgan fingerprint density at radius 2 is 1.86 bits per heavy atom. The van der Waals surface area contributed by atoms with Crippen LogP contribution in [0.25, 0.3) is 0 Å². The molecule has 1 aliphatic heterocycles. The molecule has 1 heterocycles. The number of ether oxygens (including phenoxy) is 1. The van der Waals surface area contributed by atoms with E-state index in [2.05, 4.69) is 5.32 Å². The van der Waals surface area contributed by atoms with Gasteiger partial charge in [0, 0.05) is 11.4 Å². The van der Waals surface area contributed by atoms with Crippen LogP contribution in [0.1, 0.15) is 5.56 Å². The van der Waals surface area contributed by atoms with Crippen molar-refractivity contribution in [2.45, 2.75) is 12.5 Å². The van der Waals surface area contributed by atoms with Crippen molar-refractivity contribution in [1.82, 2.24) is 0 Å². The molecule has 1 aliphatic rings. The van der Waals surface area contributed by atoms with Crippen LogP contribution in [0.2, 0.25) is 15.1 Å². The number of hydrogen-bond donors (Lipinski definition) is 1. The maximum absolute atomic E-state index is 13.1. The first-order valence-electron chi connectivity index (χ1n) is 6.36. The maximum Gasteiger partial charge on any atom is 0.126 e. The summed E-state index contributed by atoms with van der Waals surface area (Å²) in [5.41, 5.74) is 1.59. The van der Waals surface area contributed by atoms with Gasteiger partial charge in [-0.15, -0.1) is 0 Å². The van der Waals surface area contributed by atoms with Crippen LogP contribution in [0, 0.1) is 5.82 Å². The summed E-state index contributed by atoms with van der Waals surface area (Å²) < 4.78 is 18.9. The third-order valence-electron chi connectivity index (χ3n) is 3.28. The quantitative estimate of drug-likeness (QED) is 0.824. The molecule has 1 atom stereocenters. The summed E-state index contributed by atoms with van der Waals surface area (Å²) >= 11 is 17.9. The summed E-state index contributed by atoms with van der Waals surface area (Å²) in [6.45, 7) is 0.511. The van der Waals surface area contributed by atoms with E-state index in [-0.39, 0.29) is 16.1 Å². The van der Waals surface area contributed by atoms with Crippen LogP contribution in [0.5, 0.6) is 5.75 Å². The Hall–Kier alpha value is -1.16. The topological polar surface area (TPSA) is 21.3 Å². The molecule has 1 unspecified atom stereocenters. The standard InChI is InChI=1S/C15H11Cl3FNO/c16-9-1-2-14-8(3-9)4-11(21-14)7-20-15-12(17)5-10(19)6-13(15)18/h1-3,5-6,11,20H,4,7H2. The van der Waals surface area contributed by atoms with Crippen molar-refractivity contribution in [1.29, 1.82) is 0 Å². The Kier molecular flexibility index (Phi) is 4.16. The molecular weight excluding hydrogens is 336 g/mol. The molecule has 1 N–H and O–H groups in total. The molecule has 2 aromatic carbocycles. The highest BCUT2D eigenvalue weighted by molar-refractivity contribution is 6.39. The molecule has 0 aromatic heterocycles. The largest absolute Gasteiger partial charge is 0.488 e. The van der Waals surface area contributed by atoms with E-state index in [1.165, 1.54) is 12.1 Å². The van der Waals surface area contributed by atoms with E-state index in [1.807, 2.05) is 12.1 Å². The zero-order chi connectivity index (χ0) is 15.0. The fraction of sp³-hybridized carbons (Fsp3) is 0.200. The van der Waals surface area contributed by atoms with E-state index >= 15 is 0 Å². The number of nitrogens with one attached hydrogen (secondary N) is 1. The van der Waals surface area contributed by atoms with Crippen molar-refractivity contribution in [3.8, 4) is 5.75 Å². The molecule has 0 bridgehead atoms. The lowest BCUT2D eigenvalue weighted by Crippen LogP contribution is -2.24. The third-order valence-corrected chi connectivity index (χ3v) is 4.11. The monoisotopic (exact) mass is 345 g/mol. The van der Waals surface area contributed by atoms with Gasteiger partial charge in [0.2, 0.25) is 0 Å². The molecule has 21 heavy (non-hydrogen) atoms. The predicted molar refractivity (Wildman–Crippen MR) is 84.5 cm³/mol. The summed E-state index contributed by atoms with van der Waals surface area (Å²) in [4.78, 5) is 0. The lowest BCUT2D eigenvalue weighted by molar-refractivity contribution is 0.246. The van der Waals surface area contributed by atoms with Crippen LogP contribution in [0.3, 0.4) is 0 Å². The molecule has 0 radical (unpaired) electrons. The Labute approximate surface area is 136 Å². The first-order chi connectivity index (χ1) is 10.0. The SMILES string of the molecule is Fc1cc(Cl)c(NCC2Cc3cc(Cl)ccc3O2)c(Cl)c1. The van der Waals surface area contributed by atoms with Gasteiger partial charge in [-0.3, -0.25) is 0 Å². The number of rotatable bonds is 3. The lowest BCUT2D eigenvalue weighted by atomic mass is 10.1. The van der Waals surface area contributed by atoms with E-state index < -0.39 is 5.82 Å². The second-order valence-corrected chi connectivity index (χ2v) is 6.07. The van der Waals surface area contributed by atoms with Crippen LogP contribution in [0.4, 0.5) is 10.1 Å². The second-order valence-electron chi connectivity index (χ2n) is 4.82. The summed E-state index contributed by atoms with van der Waals surface area (Å²) in [6.07, 6.45) is 0.704. The van der Waals surface area contributed by atoms with Crippen molar-refractivity contribution >= 4 is 40.5 Å². The molecule has 3 rings (SSSR count). The van der Waals surface area contributed by atoms with Gasteiger partial charge in [0.1, 0.15) is 17.7 Å². The molecule has 0 fully saturated rings. The summed E-state index contributed by atoms with van der Waals surface area (Å²) in [7, 11) is 0. The molecule has 0 amide bonds. The Balaban J connectivity index is 1.68. The van der Waals surface area contributed by atoms with E-state index in [9.17, 15) is 4.39 Å². The van der Waals surface area contributed by atoms with Gasteiger partial charge < -0.3 is 10.1 Å². The average Bonchev–Trinajstić information content (AvgIpc) is 2.79. The summed E-state index contributed by atoms with van der Waals surface area (Å²) in [5, 5.41) is 4.30. The van der Waals surface area contributed by atoms with Gasteiger partial charge in [-0.1, -0.05) is 34.8 Å². The molecule has 0 saturated carbocycles. The number of halogens is 4. The summed E-state index contributed by atoms with van der Waals surface area (Å²) in [6, 6.07) is 7.99. The Morgan fingerprint density at radius 1 is 1.14 bits per heavy atom. The van der Waals surface area contributed by atoms with Gasteiger partial charge in [-0.05, 0) is 35.9 Å². The highest BCUT2D eigenvalue weighted by Gasteiger charge is 2.23. The van der Waals surface area contributed by atoms with Crippen LogP contribution >= 0.6 is 34.8 Å². The van der Waals surface area contributed by atoms with E-state index in [0.717, 1.165) is 17.7 Å². The first kappa shape index (κ1) is 14.8. The zero-order valence-electron chi connectivity index (χ0n) is 10.8. The second kappa shape index (κ2) is 5.91. The third kappa shape index (κ3) is 3.20. The average molecular weight is 347 g/mol. The van der Waals surface area contributed by atoms with Crippen molar-refractivity contribution in [3.63, 3.8) is 0 Å². The molecule has 2 nitrogen and oxygen atoms in total. The fourth-order valence-electron chi connectivity index (χ4n) is 2.33. The van der Waals surface area contributed by atoms with Crippen molar-refractivity contribution < 1.29 is 9.13 Å². The van der Waals surface area contributed by atoms with Gasteiger partial charge in [-0.2, -0.15) is 0 Å². The number of fused-ring (bicyclic) bond motifs is 1. The van der Waals surface area contributed by atoms with Crippen LogP contribution in [-0.4, -0.2) is 12.6 Å². The van der Waals surface area contributed by atoms with Crippen molar-refractivity contribution in [2.75, 3.05) is 11.9 Å². The van der Waals surface area contributed by atoms with Crippen molar-refractivity contribution in [2.24, 2.45) is 0 Å². The highest BCUT2D eigenvalue weighted by Crippen LogP contribution is 2.34. The van der Waals surface area contributed by atoms with E-state index in [4.69, 9.17) is 39.5 Å². The van der Waals surface area contributed by atoms with Crippen molar-refractivity contribution in [3.05, 3.63) is 56.8 Å². The predicted octanol–water partition coefficient (Wildman–Crippen LogP) is 5.20. The smallest absolute Gasteiger partial charge is 0.126 e. The molecular formula is C15H11Cl3FNO. The minimum atomic E-state index is -0.463. The van der Waals surface area contributed by atoms with Crippen LogP contribution in [0.15, 0.2) is 30.3 Å². The molecule has 0 aliphatic carbocycles. The fourth-order valence-corrected chi connectivity index (χ4v) is 3.12.